The topological polar surface area (TPSA) is 55.4 Å². The van der Waals surface area contributed by atoms with Crippen LogP contribution in [-0.2, 0) is 17.1 Å². The lowest BCUT2D eigenvalue weighted by Gasteiger charge is -2.15. The van der Waals surface area contributed by atoms with E-state index in [9.17, 15) is 35.9 Å². The van der Waals surface area contributed by atoms with Crippen LogP contribution in [0.1, 0.15) is 31.8 Å². The smallest absolute Gasteiger partial charge is 0.416 e. The summed E-state index contributed by atoms with van der Waals surface area (Å²) < 4.78 is 81.7. The lowest BCUT2D eigenvalue weighted by atomic mass is 10.1. The normalized spacial score (nSPS) is 11.8. The number of nitrogens with one attached hydrogen (secondary N) is 1. The fraction of sp³-hybridized carbons (Fsp3) is 0.176. The fourth-order valence-corrected chi connectivity index (χ4v) is 2.19. The molecule has 0 unspecified atom stereocenters. The highest BCUT2D eigenvalue weighted by Gasteiger charge is 2.37. The second-order valence-corrected chi connectivity index (χ2v) is 5.29. The van der Waals surface area contributed by atoms with Crippen molar-refractivity contribution >= 4 is 17.6 Å². The Morgan fingerprint density at radius 1 is 0.852 bits per heavy atom. The number of methoxy groups -OCH3 is 1. The van der Waals surface area contributed by atoms with Crippen molar-refractivity contribution in [3.8, 4) is 0 Å². The van der Waals surface area contributed by atoms with E-state index in [0.29, 0.717) is 12.1 Å². The van der Waals surface area contributed by atoms with E-state index >= 15 is 0 Å². The van der Waals surface area contributed by atoms with Gasteiger partial charge in [0.15, 0.2) is 0 Å². The summed E-state index contributed by atoms with van der Waals surface area (Å²) >= 11 is 0. The van der Waals surface area contributed by atoms with Crippen LogP contribution in [0.5, 0.6) is 0 Å². The summed E-state index contributed by atoms with van der Waals surface area (Å²) in [6, 6.07) is 5.87. The maximum absolute atomic E-state index is 12.9. The number of hydrogen-bond donors (Lipinski definition) is 1. The Morgan fingerprint density at radius 3 is 1.78 bits per heavy atom. The van der Waals surface area contributed by atoms with Gasteiger partial charge in [-0.25, -0.2) is 4.79 Å². The van der Waals surface area contributed by atoms with Crippen molar-refractivity contribution in [1.29, 1.82) is 0 Å². The van der Waals surface area contributed by atoms with Gasteiger partial charge < -0.3 is 10.1 Å². The summed E-state index contributed by atoms with van der Waals surface area (Å²) in [6.45, 7) is 0. The highest BCUT2D eigenvalue weighted by atomic mass is 19.4. The molecule has 2 aromatic carbocycles. The molecule has 0 aliphatic rings. The van der Waals surface area contributed by atoms with E-state index in [0.717, 1.165) is 7.11 Å². The highest BCUT2D eigenvalue weighted by molar-refractivity contribution is 6.11. The van der Waals surface area contributed by atoms with E-state index < -0.39 is 41.0 Å². The van der Waals surface area contributed by atoms with Crippen LogP contribution in [0.3, 0.4) is 0 Å². The SMILES string of the molecule is COC(=O)c1ccccc1C(=O)Nc1cc(C(F)(F)F)cc(C(F)(F)F)c1. The van der Waals surface area contributed by atoms with Crippen LogP contribution in [0.25, 0.3) is 0 Å². The maximum Gasteiger partial charge on any atom is 0.416 e. The number of amides is 1. The molecule has 4 nitrogen and oxygen atoms in total. The molecular formula is C17H11F6NO3. The number of hydrogen-bond acceptors (Lipinski definition) is 3. The summed E-state index contributed by atoms with van der Waals surface area (Å²) in [5.74, 6) is -1.95. The molecule has 0 bridgehead atoms. The Hall–Kier alpha value is -3.04. The molecule has 0 spiro atoms. The second kappa shape index (κ2) is 7.29. The first-order valence-electron chi connectivity index (χ1n) is 7.21. The number of halogens is 6. The van der Waals surface area contributed by atoms with E-state index in [1.54, 1.807) is 0 Å². The molecule has 1 N–H and O–H groups in total. The van der Waals surface area contributed by atoms with Gasteiger partial charge in [0, 0.05) is 5.69 Å². The lowest BCUT2D eigenvalue weighted by molar-refractivity contribution is -0.143. The largest absolute Gasteiger partial charge is 0.465 e. The molecule has 0 saturated heterocycles. The van der Waals surface area contributed by atoms with Gasteiger partial charge in [-0.3, -0.25) is 4.79 Å². The molecule has 0 aliphatic carbocycles. The van der Waals surface area contributed by atoms with Crippen molar-refractivity contribution in [3.05, 3.63) is 64.7 Å². The molecule has 27 heavy (non-hydrogen) atoms. The number of esters is 1. The van der Waals surface area contributed by atoms with E-state index in [-0.39, 0.29) is 17.2 Å². The van der Waals surface area contributed by atoms with Crippen molar-refractivity contribution in [3.63, 3.8) is 0 Å². The minimum Gasteiger partial charge on any atom is -0.465 e. The summed E-state index contributed by atoms with van der Waals surface area (Å²) in [6.07, 6.45) is -10.1. The zero-order valence-electron chi connectivity index (χ0n) is 13.5. The van der Waals surface area contributed by atoms with E-state index in [4.69, 9.17) is 0 Å². The number of alkyl halides is 6. The molecule has 1 amide bonds. The van der Waals surface area contributed by atoms with Crippen LogP contribution in [0.2, 0.25) is 0 Å². The molecule has 0 fully saturated rings. The Morgan fingerprint density at radius 2 is 1.33 bits per heavy atom. The monoisotopic (exact) mass is 391 g/mol. The molecule has 0 aliphatic heterocycles. The number of carbonyl (C=O) groups excluding carboxylic acids is 2. The number of benzene rings is 2. The van der Waals surface area contributed by atoms with Gasteiger partial charge in [-0.1, -0.05) is 12.1 Å². The predicted molar refractivity (Wildman–Crippen MR) is 82.2 cm³/mol. The molecule has 144 valence electrons. The third-order valence-corrected chi connectivity index (χ3v) is 3.42. The number of rotatable bonds is 3. The number of ether oxygens (including phenoxy) is 1. The van der Waals surface area contributed by atoms with E-state index in [2.05, 4.69) is 4.74 Å². The van der Waals surface area contributed by atoms with Gasteiger partial charge in [0.05, 0.1) is 29.4 Å². The third kappa shape index (κ3) is 4.78. The average molecular weight is 391 g/mol. The first-order valence-corrected chi connectivity index (χ1v) is 7.21. The molecule has 0 heterocycles. The second-order valence-electron chi connectivity index (χ2n) is 5.29. The average Bonchev–Trinajstić information content (AvgIpc) is 2.59. The van der Waals surface area contributed by atoms with Gasteiger partial charge in [0.25, 0.3) is 5.91 Å². The first-order chi connectivity index (χ1) is 12.4. The van der Waals surface area contributed by atoms with Crippen molar-refractivity contribution in [1.82, 2.24) is 0 Å². The van der Waals surface area contributed by atoms with Crippen LogP contribution >= 0.6 is 0 Å². The van der Waals surface area contributed by atoms with Gasteiger partial charge >= 0.3 is 18.3 Å². The zero-order valence-corrected chi connectivity index (χ0v) is 13.5. The van der Waals surface area contributed by atoms with Crippen LogP contribution in [-0.4, -0.2) is 19.0 Å². The molecule has 10 heteroatoms. The standard InChI is InChI=1S/C17H11F6NO3/c1-27-15(26)13-5-3-2-4-12(13)14(25)24-11-7-9(16(18,19)20)6-10(8-11)17(21,22)23/h2-8H,1H3,(H,24,25). The summed E-state index contributed by atoms with van der Waals surface area (Å²) in [5, 5.41) is 1.96. The third-order valence-electron chi connectivity index (χ3n) is 3.42. The predicted octanol–water partition coefficient (Wildman–Crippen LogP) is 4.76. The van der Waals surface area contributed by atoms with Crippen LogP contribution in [0.15, 0.2) is 42.5 Å². The Balaban J connectivity index is 2.46. The van der Waals surface area contributed by atoms with Gasteiger partial charge in [-0.2, -0.15) is 26.3 Å². The first kappa shape index (κ1) is 20.3. The molecular weight excluding hydrogens is 380 g/mol. The minimum absolute atomic E-state index is 0.0575. The van der Waals surface area contributed by atoms with Gasteiger partial charge in [0.2, 0.25) is 0 Å². The van der Waals surface area contributed by atoms with Gasteiger partial charge in [-0.15, -0.1) is 0 Å². The number of anilines is 1. The highest BCUT2D eigenvalue weighted by Crippen LogP contribution is 2.37. The molecule has 0 radical (unpaired) electrons. The van der Waals surface area contributed by atoms with Crippen LogP contribution < -0.4 is 5.32 Å². The number of carbonyl (C=O) groups is 2. The van der Waals surface area contributed by atoms with Crippen molar-refractivity contribution in [2.45, 2.75) is 12.4 Å². The molecule has 0 aromatic heterocycles. The Bertz CT molecular complexity index is 841. The molecule has 2 rings (SSSR count). The maximum atomic E-state index is 12.9. The minimum atomic E-state index is -5.05. The molecule has 0 saturated carbocycles. The van der Waals surface area contributed by atoms with Gasteiger partial charge in [0.1, 0.15) is 0 Å². The Labute approximate surface area is 148 Å². The quantitative estimate of drug-likeness (QED) is 0.606. The van der Waals surface area contributed by atoms with Crippen LogP contribution in [0.4, 0.5) is 32.0 Å². The van der Waals surface area contributed by atoms with Crippen molar-refractivity contribution < 1.29 is 40.7 Å². The van der Waals surface area contributed by atoms with E-state index in [1.807, 2.05) is 5.32 Å². The summed E-state index contributed by atoms with van der Waals surface area (Å²) in [4.78, 5) is 24.0. The van der Waals surface area contributed by atoms with Crippen molar-refractivity contribution in [2.24, 2.45) is 0 Å². The Kier molecular flexibility index (Phi) is 5.48. The lowest BCUT2D eigenvalue weighted by Crippen LogP contribution is -2.18. The molecule has 0 atom stereocenters. The zero-order chi connectivity index (χ0) is 20.4. The van der Waals surface area contributed by atoms with Crippen molar-refractivity contribution in [2.75, 3.05) is 12.4 Å². The van der Waals surface area contributed by atoms with Gasteiger partial charge in [-0.05, 0) is 30.3 Å². The summed E-state index contributed by atoms with van der Waals surface area (Å²) in [5.41, 5.74) is -4.33. The van der Waals surface area contributed by atoms with Crippen LogP contribution in [0, 0.1) is 0 Å². The molecule has 2 aromatic rings. The van der Waals surface area contributed by atoms with E-state index in [1.165, 1.54) is 24.3 Å². The fourth-order valence-electron chi connectivity index (χ4n) is 2.19. The summed E-state index contributed by atoms with van der Waals surface area (Å²) in [7, 11) is 1.05.